The number of benzene rings is 1. The second-order valence-electron chi connectivity index (χ2n) is 3.68. The van der Waals surface area contributed by atoms with E-state index >= 15 is 0 Å². The van der Waals surface area contributed by atoms with Crippen molar-refractivity contribution in [1.82, 2.24) is 0 Å². The number of anilines is 1. The fourth-order valence-electron chi connectivity index (χ4n) is 1.43. The fraction of sp³-hybridized carbons (Fsp3) is 0.167. The molecular weight excluding hydrogens is 267 g/mol. The predicted octanol–water partition coefficient (Wildman–Crippen LogP) is 4.56. The van der Waals surface area contributed by atoms with Crippen molar-refractivity contribution in [2.45, 2.75) is 12.7 Å². The number of hydrogen-bond acceptors (Lipinski definition) is 2. The van der Waals surface area contributed by atoms with Crippen molar-refractivity contribution in [3.05, 3.63) is 52.9 Å². The van der Waals surface area contributed by atoms with Crippen molar-refractivity contribution in [2.24, 2.45) is 0 Å². The zero-order chi connectivity index (χ0) is 13.2. The topological polar surface area (TPSA) is 25.2 Å². The number of alkyl halides is 3. The van der Waals surface area contributed by atoms with E-state index in [-0.39, 0.29) is 5.02 Å². The van der Waals surface area contributed by atoms with Gasteiger partial charge in [0.05, 0.1) is 28.8 Å². The quantitative estimate of drug-likeness (QED) is 0.888. The van der Waals surface area contributed by atoms with Crippen LogP contribution in [0.25, 0.3) is 0 Å². The molecule has 0 saturated carbocycles. The average molecular weight is 276 g/mol. The van der Waals surface area contributed by atoms with E-state index in [4.69, 9.17) is 16.0 Å². The Morgan fingerprint density at radius 1 is 1.22 bits per heavy atom. The van der Waals surface area contributed by atoms with Crippen LogP contribution in [0, 0.1) is 0 Å². The lowest BCUT2D eigenvalue weighted by atomic mass is 10.2. The Labute approximate surface area is 106 Å². The highest BCUT2D eigenvalue weighted by molar-refractivity contribution is 6.33. The zero-order valence-electron chi connectivity index (χ0n) is 9.09. The molecule has 0 aliphatic rings. The molecule has 0 atom stereocenters. The Hall–Kier alpha value is -1.62. The first-order valence-electron chi connectivity index (χ1n) is 5.08. The highest BCUT2D eigenvalue weighted by Gasteiger charge is 2.30. The molecule has 0 unspecified atom stereocenters. The number of rotatable bonds is 3. The van der Waals surface area contributed by atoms with Gasteiger partial charge in [0.1, 0.15) is 0 Å². The molecule has 0 amide bonds. The first-order valence-corrected chi connectivity index (χ1v) is 5.46. The molecule has 0 aliphatic heterocycles. The predicted molar refractivity (Wildman–Crippen MR) is 62.5 cm³/mol. The molecule has 18 heavy (non-hydrogen) atoms. The van der Waals surface area contributed by atoms with Crippen LogP contribution in [0.5, 0.6) is 0 Å². The van der Waals surface area contributed by atoms with Gasteiger partial charge < -0.3 is 9.73 Å². The van der Waals surface area contributed by atoms with Crippen LogP contribution in [0.4, 0.5) is 18.9 Å². The number of hydrogen-bond donors (Lipinski definition) is 1. The molecule has 0 bridgehead atoms. The summed E-state index contributed by atoms with van der Waals surface area (Å²) in [5.74, 6) is 0. The summed E-state index contributed by atoms with van der Waals surface area (Å²) in [6.07, 6.45) is -1.32. The summed E-state index contributed by atoms with van der Waals surface area (Å²) in [6.45, 7) is 0.432. The fourth-order valence-corrected chi connectivity index (χ4v) is 1.67. The lowest BCUT2D eigenvalue weighted by Crippen LogP contribution is -2.06. The summed E-state index contributed by atoms with van der Waals surface area (Å²) in [5, 5.41) is 2.97. The van der Waals surface area contributed by atoms with Crippen LogP contribution in [0.3, 0.4) is 0 Å². The highest BCUT2D eigenvalue weighted by atomic mass is 35.5. The number of nitrogens with one attached hydrogen (secondary N) is 1. The van der Waals surface area contributed by atoms with Crippen molar-refractivity contribution >= 4 is 17.3 Å². The Bertz CT molecular complexity index is 523. The van der Waals surface area contributed by atoms with E-state index in [0.717, 1.165) is 17.7 Å². The molecular formula is C12H9ClF3NO. The minimum atomic E-state index is -4.38. The molecule has 1 aromatic heterocycles. The molecule has 0 aliphatic carbocycles. The molecule has 2 nitrogen and oxygen atoms in total. The monoisotopic (exact) mass is 275 g/mol. The molecule has 6 heteroatoms. The first-order chi connectivity index (χ1) is 8.47. The maximum absolute atomic E-state index is 12.4. The average Bonchev–Trinajstić information content (AvgIpc) is 2.79. The van der Waals surface area contributed by atoms with Gasteiger partial charge in [-0.2, -0.15) is 13.2 Å². The van der Waals surface area contributed by atoms with Crippen molar-refractivity contribution < 1.29 is 17.6 Å². The molecule has 1 heterocycles. The largest absolute Gasteiger partial charge is 0.472 e. The standard InChI is InChI=1S/C12H9ClF3NO/c13-10-5-9(12(14,15)16)1-2-11(10)17-6-8-3-4-18-7-8/h1-5,7,17H,6H2. The molecule has 0 saturated heterocycles. The van der Waals surface area contributed by atoms with E-state index in [1.54, 1.807) is 12.3 Å². The van der Waals surface area contributed by atoms with Gasteiger partial charge in [-0.25, -0.2) is 0 Å². The van der Waals surface area contributed by atoms with Gasteiger partial charge in [-0.3, -0.25) is 0 Å². The maximum atomic E-state index is 12.4. The van der Waals surface area contributed by atoms with Crippen molar-refractivity contribution in [3.63, 3.8) is 0 Å². The maximum Gasteiger partial charge on any atom is 0.416 e. The van der Waals surface area contributed by atoms with E-state index in [2.05, 4.69) is 5.32 Å². The molecule has 0 fully saturated rings. The molecule has 1 aromatic carbocycles. The number of halogens is 4. The summed E-state index contributed by atoms with van der Waals surface area (Å²) >= 11 is 5.79. The first kappa shape index (κ1) is 12.8. The SMILES string of the molecule is FC(F)(F)c1ccc(NCc2ccoc2)c(Cl)c1. The van der Waals surface area contributed by atoms with Gasteiger partial charge in [0.25, 0.3) is 0 Å². The molecule has 0 spiro atoms. The lowest BCUT2D eigenvalue weighted by molar-refractivity contribution is -0.137. The highest BCUT2D eigenvalue weighted by Crippen LogP contribution is 2.33. The van der Waals surface area contributed by atoms with E-state index in [1.165, 1.54) is 12.3 Å². The second-order valence-corrected chi connectivity index (χ2v) is 4.08. The van der Waals surface area contributed by atoms with Gasteiger partial charge in [-0.05, 0) is 24.3 Å². The van der Waals surface area contributed by atoms with Crippen LogP contribution in [-0.2, 0) is 12.7 Å². The van der Waals surface area contributed by atoms with Crippen LogP contribution in [0.15, 0.2) is 41.2 Å². The Morgan fingerprint density at radius 2 is 2.00 bits per heavy atom. The van der Waals surface area contributed by atoms with E-state index < -0.39 is 11.7 Å². The van der Waals surface area contributed by atoms with Crippen LogP contribution in [-0.4, -0.2) is 0 Å². The second kappa shape index (κ2) is 4.94. The lowest BCUT2D eigenvalue weighted by Gasteiger charge is -2.11. The Balaban J connectivity index is 2.10. The minimum Gasteiger partial charge on any atom is -0.472 e. The minimum absolute atomic E-state index is 0.0355. The van der Waals surface area contributed by atoms with Crippen LogP contribution >= 0.6 is 11.6 Å². The van der Waals surface area contributed by atoms with E-state index in [1.807, 2.05) is 0 Å². The van der Waals surface area contributed by atoms with Crippen molar-refractivity contribution in [3.8, 4) is 0 Å². The van der Waals surface area contributed by atoms with E-state index in [0.29, 0.717) is 12.2 Å². The van der Waals surface area contributed by atoms with Gasteiger partial charge in [0.2, 0.25) is 0 Å². The molecule has 96 valence electrons. The Kier molecular flexibility index (Phi) is 3.52. The van der Waals surface area contributed by atoms with Gasteiger partial charge in [-0.1, -0.05) is 11.6 Å². The van der Waals surface area contributed by atoms with Gasteiger partial charge in [0.15, 0.2) is 0 Å². The summed E-state index contributed by atoms with van der Waals surface area (Å²) < 4.78 is 42.1. The molecule has 2 rings (SSSR count). The normalized spacial score (nSPS) is 11.6. The third-order valence-corrected chi connectivity index (χ3v) is 2.67. The van der Waals surface area contributed by atoms with Crippen LogP contribution in [0.1, 0.15) is 11.1 Å². The smallest absolute Gasteiger partial charge is 0.416 e. The summed E-state index contributed by atoms with van der Waals surface area (Å²) in [4.78, 5) is 0. The third-order valence-electron chi connectivity index (χ3n) is 2.36. The molecule has 2 aromatic rings. The summed E-state index contributed by atoms with van der Waals surface area (Å²) in [5.41, 5.74) is 0.568. The van der Waals surface area contributed by atoms with Crippen LogP contribution in [0.2, 0.25) is 5.02 Å². The zero-order valence-corrected chi connectivity index (χ0v) is 9.85. The molecule has 1 N–H and O–H groups in total. The van der Waals surface area contributed by atoms with Gasteiger partial charge in [-0.15, -0.1) is 0 Å². The van der Waals surface area contributed by atoms with Gasteiger partial charge in [0, 0.05) is 12.1 Å². The van der Waals surface area contributed by atoms with Crippen molar-refractivity contribution in [1.29, 1.82) is 0 Å². The van der Waals surface area contributed by atoms with Gasteiger partial charge >= 0.3 is 6.18 Å². The summed E-state index contributed by atoms with van der Waals surface area (Å²) in [6, 6.07) is 4.96. The van der Waals surface area contributed by atoms with Crippen molar-refractivity contribution in [2.75, 3.05) is 5.32 Å². The molecule has 0 radical (unpaired) electrons. The Morgan fingerprint density at radius 3 is 2.56 bits per heavy atom. The van der Waals surface area contributed by atoms with Crippen LogP contribution < -0.4 is 5.32 Å². The van der Waals surface area contributed by atoms with E-state index in [9.17, 15) is 13.2 Å². The summed E-state index contributed by atoms with van der Waals surface area (Å²) in [7, 11) is 0. The number of furan rings is 1. The third kappa shape index (κ3) is 2.98.